The average Bonchev–Trinajstić information content (AvgIpc) is 3.22. The first kappa shape index (κ1) is 14.1. The van der Waals surface area contributed by atoms with Crippen molar-refractivity contribution in [1.29, 1.82) is 0 Å². The van der Waals surface area contributed by atoms with Crippen LogP contribution in [0, 0.1) is 5.41 Å². The third kappa shape index (κ3) is 2.65. The van der Waals surface area contributed by atoms with Gasteiger partial charge in [-0.1, -0.05) is 13.8 Å². The zero-order valence-electron chi connectivity index (χ0n) is 12.3. The number of aromatic nitrogens is 2. The molecule has 1 aromatic carbocycles. The first-order valence-corrected chi connectivity index (χ1v) is 7.25. The molecule has 0 atom stereocenters. The Morgan fingerprint density at radius 2 is 2.14 bits per heavy atom. The van der Waals surface area contributed by atoms with Crippen LogP contribution >= 0.6 is 0 Å². The van der Waals surface area contributed by atoms with Gasteiger partial charge in [-0.15, -0.1) is 0 Å². The van der Waals surface area contributed by atoms with Crippen LogP contribution in [0.15, 0.2) is 18.2 Å². The number of hydrogen-bond acceptors (Lipinski definition) is 3. The zero-order chi connectivity index (χ0) is 15.2. The van der Waals surface area contributed by atoms with Crippen molar-refractivity contribution in [1.82, 2.24) is 9.55 Å². The van der Waals surface area contributed by atoms with Crippen LogP contribution in [0.4, 0.5) is 0 Å². The van der Waals surface area contributed by atoms with Crippen molar-refractivity contribution in [3.8, 4) is 0 Å². The van der Waals surface area contributed by atoms with Gasteiger partial charge >= 0.3 is 5.97 Å². The van der Waals surface area contributed by atoms with Gasteiger partial charge in [-0.05, 0) is 31.0 Å². The highest BCUT2D eigenvalue weighted by molar-refractivity contribution is 5.92. The number of aliphatic hydroxyl groups excluding tert-OH is 1. The third-order valence-corrected chi connectivity index (χ3v) is 3.98. The van der Waals surface area contributed by atoms with Gasteiger partial charge in [0.25, 0.3) is 0 Å². The summed E-state index contributed by atoms with van der Waals surface area (Å²) in [6.07, 6.45) is 2.27. The second kappa shape index (κ2) is 4.84. The molecule has 0 unspecified atom stereocenters. The van der Waals surface area contributed by atoms with Crippen LogP contribution < -0.4 is 0 Å². The van der Waals surface area contributed by atoms with Gasteiger partial charge in [-0.25, -0.2) is 9.78 Å². The highest BCUT2D eigenvalue weighted by Gasteiger charge is 2.31. The number of carboxylic acid groups (broad SMARTS) is 1. The quantitative estimate of drug-likeness (QED) is 0.887. The summed E-state index contributed by atoms with van der Waals surface area (Å²) >= 11 is 0. The van der Waals surface area contributed by atoms with Crippen LogP contribution in [-0.2, 0) is 6.54 Å². The number of aromatic carboxylic acids is 1. The molecule has 1 heterocycles. The molecule has 112 valence electrons. The van der Waals surface area contributed by atoms with Gasteiger partial charge in [0.2, 0.25) is 0 Å². The van der Waals surface area contributed by atoms with Crippen LogP contribution in [0.25, 0.3) is 11.0 Å². The maximum Gasteiger partial charge on any atom is 0.335 e. The fourth-order valence-electron chi connectivity index (χ4n) is 2.57. The van der Waals surface area contributed by atoms with Gasteiger partial charge < -0.3 is 14.8 Å². The van der Waals surface area contributed by atoms with E-state index < -0.39 is 5.97 Å². The van der Waals surface area contributed by atoms with Gasteiger partial charge in [0.15, 0.2) is 0 Å². The fraction of sp³-hybridized carbons (Fsp3) is 0.500. The minimum atomic E-state index is -0.931. The highest BCUT2D eigenvalue weighted by Crippen LogP contribution is 2.41. The summed E-state index contributed by atoms with van der Waals surface area (Å²) in [6.45, 7) is 4.71. The molecule has 1 saturated carbocycles. The van der Waals surface area contributed by atoms with Crippen molar-refractivity contribution in [3.63, 3.8) is 0 Å². The lowest BCUT2D eigenvalue weighted by Gasteiger charge is -2.24. The van der Waals surface area contributed by atoms with Crippen LogP contribution in [-0.4, -0.2) is 32.3 Å². The number of aliphatic hydroxyl groups is 1. The number of benzene rings is 1. The molecule has 0 amide bonds. The topological polar surface area (TPSA) is 75.3 Å². The summed E-state index contributed by atoms with van der Waals surface area (Å²) in [5, 5.41) is 18.7. The Morgan fingerprint density at radius 3 is 2.71 bits per heavy atom. The molecule has 1 fully saturated rings. The van der Waals surface area contributed by atoms with E-state index in [1.807, 2.05) is 13.8 Å². The molecule has 0 saturated heterocycles. The smallest absolute Gasteiger partial charge is 0.335 e. The second-order valence-corrected chi connectivity index (χ2v) is 6.66. The lowest BCUT2D eigenvalue weighted by Crippen LogP contribution is -2.24. The Morgan fingerprint density at radius 1 is 1.43 bits per heavy atom. The van der Waals surface area contributed by atoms with E-state index in [1.54, 1.807) is 18.2 Å². The van der Waals surface area contributed by atoms with Gasteiger partial charge in [0, 0.05) is 24.5 Å². The van der Waals surface area contributed by atoms with Gasteiger partial charge in [0.05, 0.1) is 16.6 Å². The van der Waals surface area contributed by atoms with Gasteiger partial charge in [0.1, 0.15) is 5.82 Å². The molecule has 3 rings (SSSR count). The van der Waals surface area contributed by atoms with Gasteiger partial charge in [-0.2, -0.15) is 0 Å². The Bertz CT molecular complexity index is 699. The molecule has 0 bridgehead atoms. The highest BCUT2D eigenvalue weighted by atomic mass is 16.4. The van der Waals surface area contributed by atoms with E-state index in [0.717, 1.165) is 29.7 Å². The Hall–Kier alpha value is -1.88. The maximum absolute atomic E-state index is 11.2. The molecule has 1 aromatic heterocycles. The third-order valence-electron chi connectivity index (χ3n) is 3.98. The van der Waals surface area contributed by atoms with Crippen LogP contribution in [0.1, 0.15) is 48.8 Å². The summed E-state index contributed by atoms with van der Waals surface area (Å²) in [5.74, 6) is 0.563. The van der Waals surface area contributed by atoms with Crippen molar-refractivity contribution in [3.05, 3.63) is 29.6 Å². The summed E-state index contributed by atoms with van der Waals surface area (Å²) < 4.78 is 2.09. The lowest BCUT2D eigenvalue weighted by atomic mass is 9.94. The predicted octanol–water partition coefficient (Wildman–Crippen LogP) is 2.63. The zero-order valence-corrected chi connectivity index (χ0v) is 12.3. The first-order chi connectivity index (χ1) is 9.91. The molecule has 1 aliphatic rings. The largest absolute Gasteiger partial charge is 0.478 e. The molecule has 21 heavy (non-hydrogen) atoms. The van der Waals surface area contributed by atoms with E-state index in [2.05, 4.69) is 9.55 Å². The molecular weight excluding hydrogens is 268 g/mol. The average molecular weight is 288 g/mol. The number of imidazole rings is 1. The molecule has 5 heteroatoms. The van der Waals surface area contributed by atoms with Crippen molar-refractivity contribution >= 4 is 17.0 Å². The SMILES string of the molecule is CC(C)(CO)Cn1c(C2CC2)nc2ccc(C(=O)O)cc21. The molecule has 2 aromatic rings. The Labute approximate surface area is 123 Å². The minimum absolute atomic E-state index is 0.0788. The standard InChI is InChI=1S/C16H20N2O3/c1-16(2,9-19)8-18-13-7-11(15(20)21)5-6-12(13)17-14(18)10-3-4-10/h5-7,10,19H,3-4,8-9H2,1-2H3,(H,20,21). The summed E-state index contributed by atoms with van der Waals surface area (Å²) in [7, 11) is 0. The molecule has 1 aliphatic carbocycles. The first-order valence-electron chi connectivity index (χ1n) is 7.25. The van der Waals surface area contributed by atoms with Crippen LogP contribution in [0.5, 0.6) is 0 Å². The maximum atomic E-state index is 11.2. The number of nitrogens with zero attached hydrogens (tertiary/aromatic N) is 2. The van der Waals surface area contributed by atoms with E-state index in [4.69, 9.17) is 0 Å². The van der Waals surface area contributed by atoms with Crippen molar-refractivity contribution in [2.24, 2.45) is 5.41 Å². The lowest BCUT2D eigenvalue weighted by molar-refractivity contribution is 0.0697. The van der Waals surface area contributed by atoms with Crippen LogP contribution in [0.2, 0.25) is 0 Å². The summed E-state index contributed by atoms with van der Waals surface area (Å²) in [5.41, 5.74) is 1.68. The normalized spacial score (nSPS) is 15.6. The number of fused-ring (bicyclic) bond motifs is 1. The number of rotatable bonds is 5. The number of carboxylic acids is 1. The number of hydrogen-bond donors (Lipinski definition) is 2. The molecule has 0 radical (unpaired) electrons. The molecule has 2 N–H and O–H groups in total. The molecular formula is C16H20N2O3. The summed E-state index contributed by atoms with van der Waals surface area (Å²) in [4.78, 5) is 15.9. The van der Waals surface area contributed by atoms with E-state index in [9.17, 15) is 15.0 Å². The van der Waals surface area contributed by atoms with Crippen LogP contribution in [0.3, 0.4) is 0 Å². The fourth-order valence-corrected chi connectivity index (χ4v) is 2.57. The van der Waals surface area contributed by atoms with Crippen molar-refractivity contribution in [2.75, 3.05) is 6.61 Å². The molecule has 0 aliphatic heterocycles. The van der Waals surface area contributed by atoms with Crippen molar-refractivity contribution in [2.45, 2.75) is 39.2 Å². The predicted molar refractivity (Wildman–Crippen MR) is 79.5 cm³/mol. The van der Waals surface area contributed by atoms with E-state index in [0.29, 0.717) is 12.5 Å². The number of carbonyl (C=O) groups is 1. The van der Waals surface area contributed by atoms with Gasteiger partial charge in [-0.3, -0.25) is 0 Å². The monoisotopic (exact) mass is 288 g/mol. The van der Waals surface area contributed by atoms with E-state index >= 15 is 0 Å². The molecule has 5 nitrogen and oxygen atoms in total. The minimum Gasteiger partial charge on any atom is -0.478 e. The Kier molecular flexibility index (Phi) is 3.24. The molecule has 0 spiro atoms. The van der Waals surface area contributed by atoms with E-state index in [1.165, 1.54) is 0 Å². The van der Waals surface area contributed by atoms with Crippen molar-refractivity contribution < 1.29 is 15.0 Å². The van der Waals surface area contributed by atoms with E-state index in [-0.39, 0.29) is 17.6 Å². The summed E-state index contributed by atoms with van der Waals surface area (Å²) in [6, 6.07) is 5.05. The Balaban J connectivity index is 2.14. The second-order valence-electron chi connectivity index (χ2n) is 6.66.